The fourth-order valence-electron chi connectivity index (χ4n) is 2.63. The van der Waals surface area contributed by atoms with Gasteiger partial charge in [-0.1, -0.05) is 43.5 Å². The molecule has 0 spiro atoms. The summed E-state index contributed by atoms with van der Waals surface area (Å²) in [7, 11) is 0. The Kier molecular flexibility index (Phi) is 8.35. The van der Waals surface area contributed by atoms with Crippen LogP contribution in [0.1, 0.15) is 38.2 Å². The molecule has 4 heteroatoms. The van der Waals surface area contributed by atoms with Crippen LogP contribution in [-0.2, 0) is 6.42 Å². The first-order valence-corrected chi connectivity index (χ1v) is 7.81. The monoisotopic (exact) mass is 317 g/mol. The number of ether oxygens (including phenoxy) is 1. The SMILES string of the molecule is CCc1cccc(Cl)c1OCCN1CCCCCC1.Cl. The van der Waals surface area contributed by atoms with E-state index in [0.717, 1.165) is 30.3 Å². The maximum Gasteiger partial charge on any atom is 0.141 e. The molecule has 1 saturated heterocycles. The Bertz CT molecular complexity index is 390. The molecule has 1 aliphatic rings. The van der Waals surface area contributed by atoms with Crippen molar-refractivity contribution >= 4 is 24.0 Å². The summed E-state index contributed by atoms with van der Waals surface area (Å²) in [6.07, 6.45) is 6.36. The number of likely N-dealkylation sites (tertiary alicyclic amines) is 1. The molecule has 0 N–H and O–H groups in total. The quantitative estimate of drug-likeness (QED) is 0.788. The molecule has 1 heterocycles. The molecule has 2 rings (SSSR count). The summed E-state index contributed by atoms with van der Waals surface area (Å²) in [5, 5.41) is 0.732. The number of nitrogens with zero attached hydrogens (tertiary/aromatic N) is 1. The van der Waals surface area contributed by atoms with Gasteiger partial charge in [0.05, 0.1) is 5.02 Å². The van der Waals surface area contributed by atoms with Crippen molar-refractivity contribution < 1.29 is 4.74 Å². The zero-order valence-corrected chi connectivity index (χ0v) is 13.8. The lowest BCUT2D eigenvalue weighted by Gasteiger charge is -2.20. The van der Waals surface area contributed by atoms with Crippen molar-refractivity contribution in [1.82, 2.24) is 4.90 Å². The lowest BCUT2D eigenvalue weighted by molar-refractivity contribution is 0.213. The predicted octanol–water partition coefficient (Wildman–Crippen LogP) is 4.58. The number of rotatable bonds is 5. The van der Waals surface area contributed by atoms with E-state index in [9.17, 15) is 0 Å². The Hall–Kier alpha value is -0.440. The van der Waals surface area contributed by atoms with Crippen LogP contribution in [0.25, 0.3) is 0 Å². The summed E-state index contributed by atoms with van der Waals surface area (Å²) in [4.78, 5) is 2.51. The van der Waals surface area contributed by atoms with Crippen LogP contribution in [0.2, 0.25) is 5.02 Å². The summed E-state index contributed by atoms with van der Waals surface area (Å²) in [6, 6.07) is 5.98. The van der Waals surface area contributed by atoms with Gasteiger partial charge in [0.2, 0.25) is 0 Å². The number of halogens is 2. The molecule has 1 aliphatic heterocycles. The zero-order valence-electron chi connectivity index (χ0n) is 12.2. The highest BCUT2D eigenvalue weighted by molar-refractivity contribution is 6.32. The lowest BCUT2D eigenvalue weighted by Crippen LogP contribution is -2.29. The van der Waals surface area contributed by atoms with Gasteiger partial charge in [0.15, 0.2) is 0 Å². The van der Waals surface area contributed by atoms with Gasteiger partial charge in [-0.25, -0.2) is 0 Å². The summed E-state index contributed by atoms with van der Waals surface area (Å²) < 4.78 is 5.93. The Morgan fingerprint density at radius 3 is 2.50 bits per heavy atom. The molecular weight excluding hydrogens is 293 g/mol. The molecular formula is C16H25Cl2NO. The van der Waals surface area contributed by atoms with Gasteiger partial charge in [-0.2, -0.15) is 0 Å². The molecule has 1 aromatic carbocycles. The van der Waals surface area contributed by atoms with Crippen molar-refractivity contribution in [2.24, 2.45) is 0 Å². The molecule has 2 nitrogen and oxygen atoms in total. The number of benzene rings is 1. The number of aryl methyl sites for hydroxylation is 1. The fourth-order valence-corrected chi connectivity index (χ4v) is 2.88. The van der Waals surface area contributed by atoms with Gasteiger partial charge in [0.1, 0.15) is 12.4 Å². The van der Waals surface area contributed by atoms with E-state index in [0.29, 0.717) is 0 Å². The number of para-hydroxylation sites is 1. The van der Waals surface area contributed by atoms with Crippen molar-refractivity contribution in [2.75, 3.05) is 26.2 Å². The molecule has 1 fully saturated rings. The van der Waals surface area contributed by atoms with E-state index in [4.69, 9.17) is 16.3 Å². The lowest BCUT2D eigenvalue weighted by atomic mass is 10.1. The molecule has 0 unspecified atom stereocenters. The summed E-state index contributed by atoms with van der Waals surface area (Å²) in [6.45, 7) is 6.30. The molecule has 0 aliphatic carbocycles. The third-order valence-electron chi connectivity index (χ3n) is 3.78. The van der Waals surface area contributed by atoms with Crippen molar-refractivity contribution in [3.63, 3.8) is 0 Å². The number of hydrogen-bond acceptors (Lipinski definition) is 2. The maximum absolute atomic E-state index is 6.22. The van der Waals surface area contributed by atoms with Crippen LogP contribution in [0.4, 0.5) is 0 Å². The van der Waals surface area contributed by atoms with Crippen molar-refractivity contribution in [1.29, 1.82) is 0 Å². The second kappa shape index (κ2) is 9.49. The van der Waals surface area contributed by atoms with E-state index in [2.05, 4.69) is 17.9 Å². The number of hydrogen-bond donors (Lipinski definition) is 0. The van der Waals surface area contributed by atoms with Gasteiger partial charge in [-0.05, 0) is 44.0 Å². The largest absolute Gasteiger partial charge is 0.490 e. The Labute approximate surface area is 133 Å². The molecule has 1 aromatic rings. The first-order chi connectivity index (χ1) is 9.31. The smallest absolute Gasteiger partial charge is 0.141 e. The average molecular weight is 318 g/mol. The van der Waals surface area contributed by atoms with Gasteiger partial charge in [-0.3, -0.25) is 4.90 Å². The normalized spacial score (nSPS) is 16.3. The molecule has 0 radical (unpaired) electrons. The average Bonchev–Trinajstić information content (AvgIpc) is 2.69. The first-order valence-electron chi connectivity index (χ1n) is 7.44. The highest BCUT2D eigenvalue weighted by atomic mass is 35.5. The van der Waals surface area contributed by atoms with Crippen molar-refractivity contribution in [3.05, 3.63) is 28.8 Å². The molecule has 114 valence electrons. The van der Waals surface area contributed by atoms with E-state index in [1.165, 1.54) is 44.3 Å². The van der Waals surface area contributed by atoms with Gasteiger partial charge < -0.3 is 4.74 Å². The van der Waals surface area contributed by atoms with Crippen LogP contribution in [0.15, 0.2) is 18.2 Å². The van der Waals surface area contributed by atoms with Crippen molar-refractivity contribution in [2.45, 2.75) is 39.0 Å². The van der Waals surface area contributed by atoms with E-state index in [1.807, 2.05) is 12.1 Å². The van der Waals surface area contributed by atoms with Gasteiger partial charge >= 0.3 is 0 Å². The minimum absolute atomic E-state index is 0. The molecule has 0 aromatic heterocycles. The minimum Gasteiger partial charge on any atom is -0.490 e. The Morgan fingerprint density at radius 1 is 1.15 bits per heavy atom. The maximum atomic E-state index is 6.22. The zero-order chi connectivity index (χ0) is 13.5. The van der Waals surface area contributed by atoms with E-state index in [-0.39, 0.29) is 12.4 Å². The second-order valence-electron chi connectivity index (χ2n) is 5.19. The van der Waals surface area contributed by atoms with Crippen molar-refractivity contribution in [3.8, 4) is 5.75 Å². The first kappa shape index (κ1) is 17.6. The van der Waals surface area contributed by atoms with Crippen LogP contribution in [0.3, 0.4) is 0 Å². The molecule has 0 amide bonds. The minimum atomic E-state index is 0. The van der Waals surface area contributed by atoms with Crippen LogP contribution in [-0.4, -0.2) is 31.1 Å². The standard InChI is InChI=1S/C16H24ClNO.ClH/c1-2-14-8-7-9-15(17)16(14)19-13-12-18-10-5-3-4-6-11-18;/h7-9H,2-6,10-13H2,1H3;1H. The van der Waals surface area contributed by atoms with Crippen LogP contribution in [0, 0.1) is 0 Å². The van der Waals surface area contributed by atoms with E-state index in [1.54, 1.807) is 0 Å². The predicted molar refractivity (Wildman–Crippen MR) is 88.5 cm³/mol. The van der Waals surface area contributed by atoms with Gasteiger partial charge in [0.25, 0.3) is 0 Å². The van der Waals surface area contributed by atoms with Crippen LogP contribution in [0.5, 0.6) is 5.75 Å². The van der Waals surface area contributed by atoms with Crippen LogP contribution < -0.4 is 4.74 Å². The van der Waals surface area contributed by atoms with Gasteiger partial charge in [0, 0.05) is 6.54 Å². The second-order valence-corrected chi connectivity index (χ2v) is 5.59. The molecule has 20 heavy (non-hydrogen) atoms. The highest BCUT2D eigenvalue weighted by Crippen LogP contribution is 2.28. The Balaban J connectivity index is 0.00000200. The van der Waals surface area contributed by atoms with Gasteiger partial charge in [-0.15, -0.1) is 12.4 Å². The topological polar surface area (TPSA) is 12.5 Å². The summed E-state index contributed by atoms with van der Waals surface area (Å²) in [5.41, 5.74) is 1.20. The third-order valence-corrected chi connectivity index (χ3v) is 4.08. The molecule has 0 bridgehead atoms. The van der Waals surface area contributed by atoms with E-state index >= 15 is 0 Å². The molecule has 0 saturated carbocycles. The third kappa shape index (κ3) is 5.16. The van der Waals surface area contributed by atoms with E-state index < -0.39 is 0 Å². The summed E-state index contributed by atoms with van der Waals surface area (Å²) in [5.74, 6) is 0.876. The van der Waals surface area contributed by atoms with Crippen LogP contribution >= 0.6 is 24.0 Å². The Morgan fingerprint density at radius 2 is 1.85 bits per heavy atom. The summed E-state index contributed by atoms with van der Waals surface area (Å²) >= 11 is 6.22. The fraction of sp³-hybridized carbons (Fsp3) is 0.625. The highest BCUT2D eigenvalue weighted by Gasteiger charge is 2.10. The molecule has 0 atom stereocenters.